The maximum atomic E-state index is 6.05. The van der Waals surface area contributed by atoms with Crippen LogP contribution in [0.2, 0.25) is 5.02 Å². The summed E-state index contributed by atoms with van der Waals surface area (Å²) >= 11 is 6.05. The lowest BCUT2D eigenvalue weighted by molar-refractivity contribution is 0.405. The molecule has 26 heavy (non-hydrogen) atoms. The minimum Gasteiger partial charge on any atom is -0.497 e. The predicted molar refractivity (Wildman–Crippen MR) is 102 cm³/mol. The van der Waals surface area contributed by atoms with Gasteiger partial charge in [0.25, 0.3) is 0 Å². The Kier molecular flexibility index (Phi) is 5.38. The van der Waals surface area contributed by atoms with Gasteiger partial charge in [-0.25, -0.2) is 0 Å². The Labute approximate surface area is 156 Å². The summed E-state index contributed by atoms with van der Waals surface area (Å²) in [5.74, 6) is 2.21. The van der Waals surface area contributed by atoms with E-state index in [9.17, 15) is 0 Å². The largest absolute Gasteiger partial charge is 0.497 e. The van der Waals surface area contributed by atoms with Crippen molar-refractivity contribution in [3.8, 4) is 11.5 Å². The third-order valence-electron chi connectivity index (χ3n) is 3.67. The van der Waals surface area contributed by atoms with E-state index in [-0.39, 0.29) is 0 Å². The molecule has 1 aromatic heterocycles. The fourth-order valence-electron chi connectivity index (χ4n) is 2.32. The zero-order chi connectivity index (χ0) is 18.5. The number of ether oxygens (including phenoxy) is 2. The fraction of sp³-hybridized carbons (Fsp3) is 0.167. The van der Waals surface area contributed by atoms with Gasteiger partial charge in [0, 0.05) is 16.8 Å². The molecule has 0 spiro atoms. The number of aromatic nitrogens is 3. The van der Waals surface area contributed by atoms with E-state index >= 15 is 0 Å². The first-order valence-electron chi connectivity index (χ1n) is 7.81. The van der Waals surface area contributed by atoms with Gasteiger partial charge < -0.3 is 20.1 Å². The van der Waals surface area contributed by atoms with Crippen LogP contribution in [-0.2, 0) is 0 Å². The van der Waals surface area contributed by atoms with Gasteiger partial charge in [-0.15, -0.1) is 5.10 Å². The molecule has 0 saturated heterocycles. The van der Waals surface area contributed by atoms with Gasteiger partial charge in [0.2, 0.25) is 5.95 Å². The summed E-state index contributed by atoms with van der Waals surface area (Å²) in [6.45, 7) is 1.97. The second-order valence-electron chi connectivity index (χ2n) is 5.44. The number of methoxy groups -OCH3 is 2. The Morgan fingerprint density at radius 2 is 1.81 bits per heavy atom. The van der Waals surface area contributed by atoms with E-state index in [0.717, 1.165) is 11.3 Å². The number of nitrogens with one attached hydrogen (secondary N) is 2. The molecule has 3 rings (SSSR count). The number of hydrogen-bond donors (Lipinski definition) is 2. The molecule has 3 aromatic rings. The maximum absolute atomic E-state index is 6.05. The zero-order valence-electron chi connectivity index (χ0n) is 14.6. The summed E-state index contributed by atoms with van der Waals surface area (Å²) in [6.07, 6.45) is 1.52. The van der Waals surface area contributed by atoms with Crippen LogP contribution in [0.3, 0.4) is 0 Å². The van der Waals surface area contributed by atoms with Crippen LogP contribution in [0.1, 0.15) is 5.56 Å². The lowest BCUT2D eigenvalue weighted by Crippen LogP contribution is -2.04. The van der Waals surface area contributed by atoms with Crippen molar-refractivity contribution in [3.05, 3.63) is 53.2 Å². The lowest BCUT2D eigenvalue weighted by atomic mass is 10.2. The minimum atomic E-state index is 0.349. The van der Waals surface area contributed by atoms with Gasteiger partial charge in [-0.2, -0.15) is 10.1 Å². The third-order valence-corrected chi connectivity index (χ3v) is 3.91. The van der Waals surface area contributed by atoms with Gasteiger partial charge in [0.1, 0.15) is 11.5 Å². The molecule has 0 aliphatic rings. The quantitative estimate of drug-likeness (QED) is 0.667. The molecule has 0 unspecified atom stereocenters. The number of rotatable bonds is 6. The highest BCUT2D eigenvalue weighted by molar-refractivity contribution is 6.30. The summed E-state index contributed by atoms with van der Waals surface area (Å²) in [4.78, 5) is 4.43. The van der Waals surface area contributed by atoms with Crippen molar-refractivity contribution in [1.82, 2.24) is 15.2 Å². The Hall–Kier alpha value is -3.06. The van der Waals surface area contributed by atoms with Crippen molar-refractivity contribution >= 4 is 34.7 Å². The summed E-state index contributed by atoms with van der Waals surface area (Å²) < 4.78 is 10.6. The van der Waals surface area contributed by atoms with Crippen molar-refractivity contribution in [2.24, 2.45) is 0 Å². The van der Waals surface area contributed by atoms with E-state index in [1.807, 2.05) is 43.3 Å². The van der Waals surface area contributed by atoms with Gasteiger partial charge in [0.05, 0.1) is 26.1 Å². The van der Waals surface area contributed by atoms with E-state index in [1.54, 1.807) is 14.2 Å². The molecule has 1 heterocycles. The maximum Gasteiger partial charge on any atom is 0.249 e. The van der Waals surface area contributed by atoms with E-state index in [4.69, 9.17) is 21.1 Å². The summed E-state index contributed by atoms with van der Waals surface area (Å²) in [6, 6.07) is 11.0. The molecule has 0 saturated carbocycles. The van der Waals surface area contributed by atoms with Crippen molar-refractivity contribution in [1.29, 1.82) is 0 Å². The Bertz CT molecular complexity index is 920. The smallest absolute Gasteiger partial charge is 0.249 e. The van der Waals surface area contributed by atoms with Crippen LogP contribution >= 0.6 is 11.6 Å². The molecule has 134 valence electrons. The van der Waals surface area contributed by atoms with Gasteiger partial charge in [-0.1, -0.05) is 17.7 Å². The van der Waals surface area contributed by atoms with Crippen molar-refractivity contribution in [3.63, 3.8) is 0 Å². The SMILES string of the molecule is COc1ccc(OC)c(Nc2cnnc(Nc3cc(Cl)ccc3C)n2)c1. The molecule has 7 nitrogen and oxygen atoms in total. The average molecular weight is 372 g/mol. The van der Waals surface area contributed by atoms with Crippen LogP contribution in [0, 0.1) is 6.92 Å². The zero-order valence-corrected chi connectivity index (χ0v) is 15.3. The van der Waals surface area contributed by atoms with Crippen LogP contribution in [0.4, 0.5) is 23.1 Å². The van der Waals surface area contributed by atoms with Crippen LogP contribution in [-0.4, -0.2) is 29.4 Å². The van der Waals surface area contributed by atoms with E-state index < -0.39 is 0 Å². The van der Waals surface area contributed by atoms with E-state index in [0.29, 0.717) is 34.0 Å². The van der Waals surface area contributed by atoms with Gasteiger partial charge >= 0.3 is 0 Å². The van der Waals surface area contributed by atoms with Crippen molar-refractivity contribution in [2.45, 2.75) is 6.92 Å². The van der Waals surface area contributed by atoms with E-state index in [1.165, 1.54) is 6.20 Å². The normalized spacial score (nSPS) is 10.3. The van der Waals surface area contributed by atoms with E-state index in [2.05, 4.69) is 25.8 Å². The molecule has 2 aromatic carbocycles. The van der Waals surface area contributed by atoms with Crippen LogP contribution in [0.15, 0.2) is 42.6 Å². The minimum absolute atomic E-state index is 0.349. The highest BCUT2D eigenvalue weighted by Crippen LogP contribution is 2.31. The number of aryl methyl sites for hydroxylation is 1. The topological polar surface area (TPSA) is 81.2 Å². The summed E-state index contributed by atoms with van der Waals surface area (Å²) in [5.41, 5.74) is 2.54. The third kappa shape index (κ3) is 4.12. The first-order valence-corrected chi connectivity index (χ1v) is 8.19. The van der Waals surface area contributed by atoms with Crippen molar-refractivity contribution in [2.75, 3.05) is 24.9 Å². The fourth-order valence-corrected chi connectivity index (χ4v) is 2.49. The van der Waals surface area contributed by atoms with Gasteiger partial charge in [-0.3, -0.25) is 0 Å². The number of anilines is 4. The first-order chi connectivity index (χ1) is 12.6. The number of benzene rings is 2. The second kappa shape index (κ2) is 7.88. The molecule has 0 amide bonds. The second-order valence-corrected chi connectivity index (χ2v) is 5.88. The highest BCUT2D eigenvalue weighted by atomic mass is 35.5. The molecule has 0 atom stereocenters. The van der Waals surface area contributed by atoms with Crippen LogP contribution < -0.4 is 20.1 Å². The summed E-state index contributed by atoms with van der Waals surface area (Å²) in [7, 11) is 3.20. The van der Waals surface area contributed by atoms with Gasteiger partial charge in [-0.05, 0) is 36.8 Å². The van der Waals surface area contributed by atoms with Crippen molar-refractivity contribution < 1.29 is 9.47 Å². The molecule has 0 fully saturated rings. The summed E-state index contributed by atoms with van der Waals surface area (Å²) in [5, 5.41) is 14.9. The monoisotopic (exact) mass is 371 g/mol. The number of nitrogens with zero attached hydrogens (tertiary/aromatic N) is 3. The molecule has 0 aliphatic heterocycles. The Morgan fingerprint density at radius 1 is 0.962 bits per heavy atom. The first kappa shape index (κ1) is 17.8. The Balaban J connectivity index is 1.85. The molecule has 2 N–H and O–H groups in total. The highest BCUT2D eigenvalue weighted by Gasteiger charge is 2.09. The average Bonchev–Trinajstić information content (AvgIpc) is 2.65. The lowest BCUT2D eigenvalue weighted by Gasteiger charge is -2.13. The molecule has 0 bridgehead atoms. The van der Waals surface area contributed by atoms with Crippen LogP contribution in [0.5, 0.6) is 11.5 Å². The predicted octanol–water partition coefficient (Wildman–Crippen LogP) is 4.34. The van der Waals surface area contributed by atoms with Crippen LogP contribution in [0.25, 0.3) is 0 Å². The molecular formula is C18H18ClN5O2. The molecular weight excluding hydrogens is 354 g/mol. The standard InChI is InChI=1S/C18H18ClN5O2/c1-11-4-5-12(19)8-14(11)22-18-23-17(10-20-24-18)21-15-9-13(25-2)6-7-16(15)26-3/h4-10H,1-3H3,(H2,21,22,23,24). The molecule has 8 heteroatoms. The molecule has 0 radical (unpaired) electrons. The Morgan fingerprint density at radius 3 is 2.58 bits per heavy atom. The molecule has 0 aliphatic carbocycles. The number of hydrogen-bond acceptors (Lipinski definition) is 7. The van der Waals surface area contributed by atoms with Gasteiger partial charge in [0.15, 0.2) is 5.82 Å². The number of halogens is 1.